The number of rotatable bonds is 7. The molecular weight excluding hydrogens is 398 g/mol. The van der Waals surface area contributed by atoms with Gasteiger partial charge in [0.15, 0.2) is 17.3 Å². The van der Waals surface area contributed by atoms with Crippen molar-refractivity contribution in [2.75, 3.05) is 13.7 Å². The van der Waals surface area contributed by atoms with Crippen LogP contribution >= 0.6 is 0 Å². The number of hydrogen-bond acceptors (Lipinski definition) is 6. The van der Waals surface area contributed by atoms with Crippen LogP contribution in [0.3, 0.4) is 0 Å². The largest absolute Gasteiger partial charge is 0.504 e. The topological polar surface area (TPSA) is 109 Å². The minimum absolute atomic E-state index is 0.0233. The van der Waals surface area contributed by atoms with Gasteiger partial charge in [-0.15, -0.1) is 0 Å². The lowest BCUT2D eigenvalue weighted by molar-refractivity contribution is -0.121. The van der Waals surface area contributed by atoms with Crippen molar-refractivity contribution < 1.29 is 24.2 Å². The maximum Gasteiger partial charge on any atom is 0.227 e. The Morgan fingerprint density at radius 2 is 2.06 bits per heavy atom. The average Bonchev–Trinajstić information content (AvgIpc) is 3.37. The molecular formula is C24H27NO6. The van der Waals surface area contributed by atoms with Gasteiger partial charge < -0.3 is 24.7 Å². The van der Waals surface area contributed by atoms with Crippen LogP contribution in [0, 0.1) is 24.7 Å². The van der Waals surface area contributed by atoms with Crippen molar-refractivity contribution in [1.82, 2.24) is 5.32 Å². The molecule has 2 aliphatic rings. The fourth-order valence-electron chi connectivity index (χ4n) is 4.77. The molecule has 0 radical (unpaired) electrons. The fraction of sp³-hybridized carbons (Fsp3) is 0.417. The number of hydrogen-bond donors (Lipinski definition) is 3. The SMILES string of the molecule is COc1cc([C@@H](CC(=O)NC[C@@H]2C[C@H]3C=C[C@H]2C3)c2oc(C)cc(=O)c2O)ccc1O. The van der Waals surface area contributed by atoms with Crippen molar-refractivity contribution in [3.8, 4) is 17.2 Å². The van der Waals surface area contributed by atoms with Gasteiger partial charge in [-0.1, -0.05) is 18.2 Å². The molecule has 0 aliphatic heterocycles. The molecule has 1 fully saturated rings. The summed E-state index contributed by atoms with van der Waals surface area (Å²) >= 11 is 0. The Morgan fingerprint density at radius 1 is 1.26 bits per heavy atom. The molecule has 7 nitrogen and oxygen atoms in total. The number of nitrogens with one attached hydrogen (secondary N) is 1. The summed E-state index contributed by atoms with van der Waals surface area (Å²) in [6.07, 6.45) is 6.74. The first-order chi connectivity index (χ1) is 14.9. The molecule has 4 atom stereocenters. The van der Waals surface area contributed by atoms with E-state index in [4.69, 9.17) is 9.15 Å². The number of carbonyl (C=O) groups excluding carboxylic acids is 1. The third-order valence-corrected chi connectivity index (χ3v) is 6.36. The van der Waals surface area contributed by atoms with Crippen molar-refractivity contribution in [2.24, 2.45) is 17.8 Å². The Balaban J connectivity index is 1.59. The summed E-state index contributed by atoms with van der Waals surface area (Å²) in [5, 5.41) is 23.3. The Kier molecular flexibility index (Phi) is 5.76. The molecule has 0 saturated heterocycles. The van der Waals surface area contributed by atoms with Gasteiger partial charge in [0.05, 0.1) is 13.0 Å². The van der Waals surface area contributed by atoms with E-state index in [2.05, 4.69) is 17.5 Å². The summed E-state index contributed by atoms with van der Waals surface area (Å²) < 4.78 is 10.9. The molecule has 2 aromatic rings. The van der Waals surface area contributed by atoms with Crippen LogP contribution < -0.4 is 15.5 Å². The number of phenols is 1. The molecule has 1 aromatic carbocycles. The normalized spacial score (nSPS) is 22.5. The lowest BCUT2D eigenvalue weighted by Crippen LogP contribution is -2.32. The molecule has 7 heteroatoms. The van der Waals surface area contributed by atoms with E-state index < -0.39 is 17.1 Å². The summed E-state index contributed by atoms with van der Waals surface area (Å²) in [5.41, 5.74) is 0.0142. The molecule has 1 heterocycles. The first kappa shape index (κ1) is 21.0. The highest BCUT2D eigenvalue weighted by Crippen LogP contribution is 2.43. The van der Waals surface area contributed by atoms with Gasteiger partial charge in [0.1, 0.15) is 5.76 Å². The highest BCUT2D eigenvalue weighted by molar-refractivity contribution is 5.77. The van der Waals surface area contributed by atoms with Crippen LogP contribution in [0.2, 0.25) is 0 Å². The first-order valence-electron chi connectivity index (χ1n) is 10.5. The van der Waals surface area contributed by atoms with Gasteiger partial charge in [-0.3, -0.25) is 9.59 Å². The number of amides is 1. The summed E-state index contributed by atoms with van der Waals surface area (Å²) in [5.74, 6) is 0.696. The van der Waals surface area contributed by atoms with E-state index >= 15 is 0 Å². The molecule has 2 aliphatic carbocycles. The molecule has 1 saturated carbocycles. The average molecular weight is 425 g/mol. The van der Waals surface area contributed by atoms with E-state index in [0.717, 1.165) is 6.42 Å². The predicted molar refractivity (Wildman–Crippen MR) is 114 cm³/mol. The minimum atomic E-state index is -0.720. The summed E-state index contributed by atoms with van der Waals surface area (Å²) in [7, 11) is 1.43. The predicted octanol–water partition coefficient (Wildman–Crippen LogP) is 3.22. The molecule has 164 valence electrons. The molecule has 4 rings (SSSR count). The van der Waals surface area contributed by atoms with Gasteiger partial charge in [-0.2, -0.15) is 0 Å². The molecule has 1 aromatic heterocycles. The van der Waals surface area contributed by atoms with Crippen LogP contribution in [-0.4, -0.2) is 29.8 Å². The minimum Gasteiger partial charge on any atom is -0.504 e. The Bertz CT molecular complexity index is 1070. The van der Waals surface area contributed by atoms with Gasteiger partial charge in [0.25, 0.3) is 0 Å². The van der Waals surface area contributed by atoms with Gasteiger partial charge in [-0.05, 0) is 55.2 Å². The Labute approximate surface area is 180 Å². The van der Waals surface area contributed by atoms with Crippen LogP contribution in [0.1, 0.15) is 42.3 Å². The highest BCUT2D eigenvalue weighted by Gasteiger charge is 2.35. The first-order valence-corrected chi connectivity index (χ1v) is 10.5. The molecule has 31 heavy (non-hydrogen) atoms. The van der Waals surface area contributed by atoms with Crippen LogP contribution in [-0.2, 0) is 4.79 Å². The molecule has 3 N–H and O–H groups in total. The second-order valence-electron chi connectivity index (χ2n) is 8.47. The summed E-state index contributed by atoms with van der Waals surface area (Å²) in [4.78, 5) is 25.0. The number of allylic oxidation sites excluding steroid dienone is 2. The van der Waals surface area contributed by atoms with Crippen molar-refractivity contribution in [1.29, 1.82) is 0 Å². The monoisotopic (exact) mass is 425 g/mol. The number of aryl methyl sites for hydroxylation is 1. The van der Waals surface area contributed by atoms with Crippen LogP contribution in [0.5, 0.6) is 17.2 Å². The van der Waals surface area contributed by atoms with Gasteiger partial charge in [0, 0.05) is 19.0 Å². The Morgan fingerprint density at radius 3 is 2.74 bits per heavy atom. The van der Waals surface area contributed by atoms with E-state index in [9.17, 15) is 19.8 Å². The van der Waals surface area contributed by atoms with Crippen LogP contribution in [0.25, 0.3) is 0 Å². The second kappa shape index (κ2) is 8.49. The molecule has 1 amide bonds. The van der Waals surface area contributed by atoms with E-state index in [1.54, 1.807) is 19.1 Å². The quantitative estimate of drug-likeness (QED) is 0.588. The van der Waals surface area contributed by atoms with Crippen molar-refractivity contribution >= 4 is 5.91 Å². The lowest BCUT2D eigenvalue weighted by atomic mass is 9.90. The zero-order valence-corrected chi connectivity index (χ0v) is 17.6. The number of carbonyl (C=O) groups is 1. The standard InChI is InChI=1S/C24H27NO6/c1-13-7-20(27)23(29)24(31-13)18(16-5-6-19(26)21(10-16)30-2)11-22(28)25-12-17-9-14-3-4-15(17)8-14/h3-7,10,14-15,17-18,26,29H,8-9,11-12H2,1-2H3,(H,25,28)/t14-,15-,17-,18+/m0/s1. The van der Waals surface area contributed by atoms with Gasteiger partial charge in [-0.25, -0.2) is 0 Å². The van der Waals surface area contributed by atoms with E-state index in [1.165, 1.54) is 25.7 Å². The number of ether oxygens (including phenoxy) is 1. The number of methoxy groups -OCH3 is 1. The fourth-order valence-corrected chi connectivity index (χ4v) is 4.77. The van der Waals surface area contributed by atoms with Gasteiger partial charge >= 0.3 is 0 Å². The number of aromatic hydroxyl groups is 2. The number of fused-ring (bicyclic) bond motifs is 2. The smallest absolute Gasteiger partial charge is 0.227 e. The third kappa shape index (κ3) is 4.31. The summed E-state index contributed by atoms with van der Waals surface area (Å²) in [6, 6.07) is 5.86. The number of benzene rings is 1. The maximum absolute atomic E-state index is 12.9. The van der Waals surface area contributed by atoms with Crippen LogP contribution in [0.4, 0.5) is 0 Å². The Hall–Kier alpha value is -3.22. The van der Waals surface area contributed by atoms with Crippen LogP contribution in [0.15, 0.2) is 45.6 Å². The molecule has 0 spiro atoms. The zero-order chi connectivity index (χ0) is 22.1. The van der Waals surface area contributed by atoms with Crippen molar-refractivity contribution in [3.05, 3.63) is 63.7 Å². The van der Waals surface area contributed by atoms with E-state index in [1.807, 2.05) is 0 Å². The van der Waals surface area contributed by atoms with Gasteiger partial charge in [0.2, 0.25) is 17.1 Å². The highest BCUT2D eigenvalue weighted by atomic mass is 16.5. The van der Waals surface area contributed by atoms with E-state index in [-0.39, 0.29) is 29.6 Å². The lowest BCUT2D eigenvalue weighted by Gasteiger charge is -2.21. The van der Waals surface area contributed by atoms with Crippen molar-refractivity contribution in [2.45, 2.75) is 32.1 Å². The van der Waals surface area contributed by atoms with E-state index in [0.29, 0.717) is 35.6 Å². The number of phenolic OH excluding ortho intramolecular Hbond substituents is 1. The molecule has 2 bridgehead atoms. The maximum atomic E-state index is 12.9. The zero-order valence-electron chi connectivity index (χ0n) is 17.6. The molecule has 0 unspecified atom stereocenters. The third-order valence-electron chi connectivity index (χ3n) is 6.36. The van der Waals surface area contributed by atoms with Crippen molar-refractivity contribution in [3.63, 3.8) is 0 Å². The second-order valence-corrected chi connectivity index (χ2v) is 8.47. The summed E-state index contributed by atoms with van der Waals surface area (Å²) in [6.45, 7) is 2.21.